The van der Waals surface area contributed by atoms with Crippen molar-refractivity contribution in [3.8, 4) is 11.5 Å². The lowest BCUT2D eigenvalue weighted by atomic mass is 9.60. The fourth-order valence-electron chi connectivity index (χ4n) is 4.21. The van der Waals surface area contributed by atoms with Gasteiger partial charge in [-0.2, -0.15) is 0 Å². The normalized spacial score (nSPS) is 26.4. The predicted molar refractivity (Wildman–Crippen MR) is 123 cm³/mol. The van der Waals surface area contributed by atoms with Crippen molar-refractivity contribution in [3.05, 3.63) is 45.5 Å². The Bertz CT molecular complexity index is 993. The smallest absolute Gasteiger partial charge is 0.302 e. The van der Waals surface area contributed by atoms with Gasteiger partial charge < -0.3 is 14.9 Å². The number of benzene rings is 1. The average molecular weight is 463 g/mol. The number of ketones is 1. The Balaban J connectivity index is 2.31. The van der Waals surface area contributed by atoms with Gasteiger partial charge in [-0.3, -0.25) is 14.4 Å². The van der Waals surface area contributed by atoms with Crippen LogP contribution in [0.1, 0.15) is 62.5 Å². The van der Waals surface area contributed by atoms with Crippen molar-refractivity contribution < 1.29 is 29.3 Å². The minimum atomic E-state index is -0.521. The number of Topliss-reactive ketones (excluding diaryl/α,β-unsaturated/α-hetero) is 1. The number of halogens is 1. The van der Waals surface area contributed by atoms with Gasteiger partial charge >= 0.3 is 5.97 Å². The van der Waals surface area contributed by atoms with E-state index in [4.69, 9.17) is 16.3 Å². The number of rotatable bonds is 6. The highest BCUT2D eigenvalue weighted by Crippen LogP contribution is 2.46. The molecule has 1 saturated carbocycles. The third-order valence-corrected chi connectivity index (χ3v) is 7.36. The third-order valence-electron chi connectivity index (χ3n) is 6.89. The molecule has 1 aliphatic carbocycles. The first-order chi connectivity index (χ1) is 14.8. The summed E-state index contributed by atoms with van der Waals surface area (Å²) in [7, 11) is 0. The molecule has 1 aliphatic rings. The van der Waals surface area contributed by atoms with E-state index in [1.54, 1.807) is 13.0 Å². The van der Waals surface area contributed by atoms with Gasteiger partial charge in [-0.05, 0) is 25.8 Å². The SMILES string of the molecule is CC(=O)O[C@@H]1CC(=O)[C@@H](C)[C@](C)(C=CC(C)=CCc2c(O)c(Cl)c(C)c(C=O)c2O)[C@H]1C. The van der Waals surface area contributed by atoms with E-state index in [0.717, 1.165) is 5.57 Å². The number of ether oxygens (including phenoxy) is 1. The Labute approximate surface area is 193 Å². The van der Waals surface area contributed by atoms with Crippen LogP contribution in [0.25, 0.3) is 0 Å². The second-order valence-electron chi connectivity index (χ2n) is 8.83. The Morgan fingerprint density at radius 3 is 2.44 bits per heavy atom. The number of phenols is 2. The molecule has 0 saturated heterocycles. The minimum absolute atomic E-state index is 0.0360. The van der Waals surface area contributed by atoms with E-state index in [1.807, 2.05) is 39.8 Å². The number of hydrogen-bond donors (Lipinski definition) is 2. The number of phenolic OH excluding ortho intramolecular Hbond substituents is 2. The van der Waals surface area contributed by atoms with Gasteiger partial charge in [-0.25, -0.2) is 0 Å². The van der Waals surface area contributed by atoms with Gasteiger partial charge in [0.25, 0.3) is 0 Å². The Morgan fingerprint density at radius 1 is 1.25 bits per heavy atom. The zero-order valence-electron chi connectivity index (χ0n) is 19.4. The van der Waals surface area contributed by atoms with Crippen molar-refractivity contribution in [2.24, 2.45) is 17.3 Å². The zero-order valence-corrected chi connectivity index (χ0v) is 20.1. The molecule has 0 amide bonds. The first-order valence-electron chi connectivity index (χ1n) is 10.6. The van der Waals surface area contributed by atoms with E-state index in [0.29, 0.717) is 11.8 Å². The molecule has 0 unspecified atom stereocenters. The fourth-order valence-corrected chi connectivity index (χ4v) is 4.42. The molecule has 0 aromatic heterocycles. The maximum absolute atomic E-state index is 12.6. The Morgan fingerprint density at radius 2 is 1.88 bits per heavy atom. The van der Waals surface area contributed by atoms with E-state index < -0.39 is 17.5 Å². The van der Waals surface area contributed by atoms with Crippen LogP contribution in [0.4, 0.5) is 0 Å². The summed E-state index contributed by atoms with van der Waals surface area (Å²) in [6.45, 7) is 10.6. The molecule has 0 aliphatic heterocycles. The summed E-state index contributed by atoms with van der Waals surface area (Å²) in [5.74, 6) is -1.21. The van der Waals surface area contributed by atoms with Crippen LogP contribution >= 0.6 is 11.6 Å². The van der Waals surface area contributed by atoms with Gasteiger partial charge in [0.2, 0.25) is 0 Å². The highest BCUT2D eigenvalue weighted by molar-refractivity contribution is 6.33. The van der Waals surface area contributed by atoms with Crippen LogP contribution in [0.15, 0.2) is 23.8 Å². The summed E-state index contributed by atoms with van der Waals surface area (Å²) in [5.41, 5.74) is 0.854. The van der Waals surface area contributed by atoms with Crippen LogP contribution in [0.2, 0.25) is 5.02 Å². The van der Waals surface area contributed by atoms with Crippen molar-refractivity contribution in [1.82, 2.24) is 0 Å². The molecule has 0 spiro atoms. The van der Waals surface area contributed by atoms with Crippen LogP contribution < -0.4 is 0 Å². The van der Waals surface area contributed by atoms with E-state index in [2.05, 4.69) is 0 Å². The van der Waals surface area contributed by atoms with Gasteiger partial charge in [0.1, 0.15) is 23.4 Å². The summed E-state index contributed by atoms with van der Waals surface area (Å²) in [5, 5.41) is 20.8. The van der Waals surface area contributed by atoms with Crippen molar-refractivity contribution in [3.63, 3.8) is 0 Å². The second-order valence-corrected chi connectivity index (χ2v) is 9.20. The molecule has 0 heterocycles. The molecule has 7 heteroatoms. The quantitative estimate of drug-likeness (QED) is 0.346. The van der Waals surface area contributed by atoms with E-state index in [1.165, 1.54) is 6.92 Å². The molecule has 1 fully saturated rings. The molecule has 1 aromatic rings. The number of hydrogen-bond acceptors (Lipinski definition) is 6. The number of allylic oxidation sites excluding steroid dienone is 4. The topological polar surface area (TPSA) is 101 Å². The van der Waals surface area contributed by atoms with Gasteiger partial charge in [-0.15, -0.1) is 0 Å². The minimum Gasteiger partial charge on any atom is -0.507 e. The average Bonchev–Trinajstić information content (AvgIpc) is 2.73. The Kier molecular flexibility index (Phi) is 7.94. The van der Waals surface area contributed by atoms with E-state index >= 15 is 0 Å². The largest absolute Gasteiger partial charge is 0.507 e. The predicted octanol–water partition coefficient (Wildman–Crippen LogP) is 5.10. The van der Waals surface area contributed by atoms with Crippen LogP contribution in [-0.4, -0.2) is 34.4 Å². The van der Waals surface area contributed by atoms with Gasteiger partial charge in [0.05, 0.1) is 10.6 Å². The first kappa shape index (κ1) is 25.7. The summed E-state index contributed by atoms with van der Waals surface area (Å²) >= 11 is 6.11. The number of aldehydes is 1. The van der Waals surface area contributed by atoms with Gasteiger partial charge in [-0.1, -0.05) is 56.2 Å². The van der Waals surface area contributed by atoms with Crippen molar-refractivity contribution >= 4 is 29.6 Å². The zero-order chi connectivity index (χ0) is 24.4. The maximum atomic E-state index is 12.6. The first-order valence-corrected chi connectivity index (χ1v) is 11.0. The highest BCUT2D eigenvalue weighted by Gasteiger charge is 2.48. The summed E-state index contributed by atoms with van der Waals surface area (Å²) in [4.78, 5) is 35.3. The molecule has 0 bridgehead atoms. The maximum Gasteiger partial charge on any atom is 0.302 e. The van der Waals surface area contributed by atoms with E-state index in [-0.39, 0.29) is 58.1 Å². The van der Waals surface area contributed by atoms with E-state index in [9.17, 15) is 24.6 Å². The lowest BCUT2D eigenvalue weighted by Crippen LogP contribution is -2.48. The molecule has 1 aromatic carbocycles. The molecule has 6 nitrogen and oxygen atoms in total. The monoisotopic (exact) mass is 462 g/mol. The van der Waals surface area contributed by atoms with Gasteiger partial charge in [0, 0.05) is 36.2 Å². The highest BCUT2D eigenvalue weighted by atomic mass is 35.5. The number of esters is 1. The third kappa shape index (κ3) is 4.90. The van der Waals surface area contributed by atoms with Crippen molar-refractivity contribution in [1.29, 1.82) is 0 Å². The molecule has 4 atom stereocenters. The molecular formula is C25H31ClO6. The van der Waals surface area contributed by atoms with Crippen molar-refractivity contribution in [2.75, 3.05) is 0 Å². The summed E-state index contributed by atoms with van der Waals surface area (Å²) < 4.78 is 5.39. The summed E-state index contributed by atoms with van der Waals surface area (Å²) in [6, 6.07) is 0. The van der Waals surface area contributed by atoms with Crippen molar-refractivity contribution in [2.45, 2.75) is 60.5 Å². The lowest BCUT2D eigenvalue weighted by Gasteiger charge is -2.45. The Hall–Kier alpha value is -2.60. The van der Waals surface area contributed by atoms with Crippen LogP contribution in [0.3, 0.4) is 0 Å². The lowest BCUT2D eigenvalue weighted by molar-refractivity contribution is -0.159. The molecular weight excluding hydrogens is 432 g/mol. The standard InChI is InChI=1S/C25H31ClO6/c1-13(7-8-18-23(30)19(12-27)14(2)22(26)24(18)31)9-10-25(6)15(3)20(29)11-21(16(25)4)32-17(5)28/h7,9-10,12,15-16,21,30-31H,8,11H2,1-6H3/t15-,16+,21-,25+/m1/s1. The van der Waals surface area contributed by atoms with Crippen LogP contribution in [0.5, 0.6) is 11.5 Å². The molecule has 2 rings (SSSR count). The number of carbonyl (C=O) groups is 3. The molecule has 2 N–H and O–H groups in total. The number of carbonyl (C=O) groups excluding carboxylic acids is 3. The van der Waals surface area contributed by atoms with Gasteiger partial charge in [0.15, 0.2) is 6.29 Å². The number of aromatic hydroxyl groups is 2. The second kappa shape index (κ2) is 9.90. The van der Waals surface area contributed by atoms with Crippen LogP contribution in [-0.2, 0) is 20.7 Å². The molecule has 174 valence electrons. The molecule has 32 heavy (non-hydrogen) atoms. The summed E-state index contributed by atoms with van der Waals surface area (Å²) in [6.07, 6.45) is 6.04. The molecule has 0 radical (unpaired) electrons. The van der Waals surface area contributed by atoms with Crippen LogP contribution in [0, 0.1) is 24.2 Å². The fraction of sp³-hybridized carbons (Fsp3) is 0.480.